The normalized spacial score (nSPS) is 27.7. The van der Waals surface area contributed by atoms with E-state index < -0.39 is 30.6 Å². The summed E-state index contributed by atoms with van der Waals surface area (Å²) in [5.74, 6) is 0. The minimum atomic E-state index is -3.89. The molecule has 2 heterocycles. The summed E-state index contributed by atoms with van der Waals surface area (Å²) in [7, 11) is -7.48. The highest BCUT2D eigenvalue weighted by molar-refractivity contribution is 7.96. The molecule has 0 fully saturated rings. The van der Waals surface area contributed by atoms with Gasteiger partial charge in [-0.1, -0.05) is 20.3 Å². The molecule has 0 aromatic carbocycles. The summed E-state index contributed by atoms with van der Waals surface area (Å²) in [4.78, 5) is 0. The van der Waals surface area contributed by atoms with Gasteiger partial charge in [0.1, 0.15) is 8.42 Å². The van der Waals surface area contributed by atoms with Gasteiger partial charge in [-0.05, 0) is 26.0 Å². The minimum absolute atomic E-state index is 0.0995. The molecule has 21 heavy (non-hydrogen) atoms. The fourth-order valence-corrected chi connectivity index (χ4v) is 7.93. The van der Waals surface area contributed by atoms with Crippen molar-refractivity contribution >= 4 is 31.2 Å². The minimum Gasteiger partial charge on any atom is -0.309 e. The monoisotopic (exact) mass is 352 g/mol. The van der Waals surface area contributed by atoms with E-state index in [1.165, 1.54) is 6.07 Å². The van der Waals surface area contributed by atoms with E-state index in [0.29, 0.717) is 18.5 Å². The molecule has 2 rings (SSSR count). The van der Waals surface area contributed by atoms with Crippen LogP contribution >= 0.6 is 11.3 Å². The van der Waals surface area contributed by atoms with E-state index in [1.807, 2.05) is 13.8 Å². The number of sulfone groups is 1. The zero-order chi connectivity index (χ0) is 16.1. The number of primary sulfonamides is 1. The van der Waals surface area contributed by atoms with Gasteiger partial charge in [0.15, 0.2) is 9.84 Å². The summed E-state index contributed by atoms with van der Waals surface area (Å²) < 4.78 is 47.7. The van der Waals surface area contributed by atoms with Crippen molar-refractivity contribution in [3.05, 3.63) is 11.6 Å². The molecule has 1 aromatic rings. The fourth-order valence-electron chi connectivity index (χ4n) is 2.92. The molecule has 3 N–H and O–H groups in total. The van der Waals surface area contributed by atoms with Crippen LogP contribution in [0, 0.1) is 0 Å². The van der Waals surface area contributed by atoms with E-state index in [4.69, 9.17) is 5.14 Å². The number of nitrogens with two attached hydrogens (primary N) is 1. The molecule has 0 amide bonds. The smallest absolute Gasteiger partial charge is 0.247 e. The average molecular weight is 353 g/mol. The second-order valence-corrected chi connectivity index (χ2v) is 10.9. The van der Waals surface area contributed by atoms with Crippen LogP contribution in [-0.2, 0) is 19.9 Å². The van der Waals surface area contributed by atoms with Gasteiger partial charge >= 0.3 is 0 Å². The summed E-state index contributed by atoms with van der Waals surface area (Å²) in [5.41, 5.74) is 0.529. The average Bonchev–Trinajstić information content (AvgIpc) is 2.85. The molecule has 1 aromatic heterocycles. The molecule has 9 heteroatoms. The predicted molar refractivity (Wildman–Crippen MR) is 82.6 cm³/mol. The lowest BCUT2D eigenvalue weighted by molar-refractivity contribution is 0.395. The van der Waals surface area contributed by atoms with E-state index >= 15 is 0 Å². The largest absolute Gasteiger partial charge is 0.309 e. The number of rotatable bonds is 5. The number of hydrogen-bond acceptors (Lipinski definition) is 6. The first-order valence-electron chi connectivity index (χ1n) is 6.74. The predicted octanol–water partition coefficient (Wildman–Crippen LogP) is 1.39. The molecule has 6 nitrogen and oxygen atoms in total. The first-order valence-corrected chi connectivity index (χ1v) is 10.6. The molecule has 120 valence electrons. The molecule has 0 saturated heterocycles. The van der Waals surface area contributed by atoms with Crippen LogP contribution in [0.3, 0.4) is 0 Å². The van der Waals surface area contributed by atoms with Crippen molar-refractivity contribution in [3.8, 4) is 0 Å². The lowest BCUT2D eigenvalue weighted by Gasteiger charge is -2.31. The number of hydrogen-bond donors (Lipinski definition) is 2. The summed E-state index contributed by atoms with van der Waals surface area (Å²) in [5, 5.41) is 8.31. The Morgan fingerprint density at radius 3 is 2.52 bits per heavy atom. The van der Waals surface area contributed by atoms with Gasteiger partial charge in [-0.15, -0.1) is 11.3 Å². The summed E-state index contributed by atoms with van der Waals surface area (Å²) in [6, 6.07) is 0.996. The van der Waals surface area contributed by atoms with E-state index in [-0.39, 0.29) is 8.42 Å². The Kier molecular flexibility index (Phi) is 4.27. The Labute approximate surface area is 129 Å². The second-order valence-electron chi connectivity index (χ2n) is 5.41. The maximum Gasteiger partial charge on any atom is 0.247 e. The molecule has 2 unspecified atom stereocenters. The number of sulfonamides is 1. The van der Waals surface area contributed by atoms with Crippen LogP contribution in [0.2, 0.25) is 0 Å². The maximum atomic E-state index is 12.9. The molecule has 0 aliphatic carbocycles. The Hall–Kier alpha value is -0.480. The lowest BCUT2D eigenvalue weighted by Crippen LogP contribution is -2.42. The second kappa shape index (κ2) is 5.31. The van der Waals surface area contributed by atoms with Crippen LogP contribution in [-0.4, -0.2) is 28.1 Å². The fraction of sp³-hybridized carbons (Fsp3) is 0.667. The number of nitrogens with one attached hydrogen (secondary N) is 1. The summed E-state index contributed by atoms with van der Waals surface area (Å²) in [6.45, 7) is 6.15. The van der Waals surface area contributed by atoms with Crippen LogP contribution in [0.25, 0.3) is 0 Å². The highest BCUT2D eigenvalue weighted by Crippen LogP contribution is 2.52. The third-order valence-corrected chi connectivity index (χ3v) is 9.58. The third-order valence-electron chi connectivity index (χ3n) is 3.92. The molecule has 2 atom stereocenters. The van der Waals surface area contributed by atoms with Crippen molar-refractivity contribution in [1.29, 1.82) is 0 Å². The number of fused-ring (bicyclic) bond motifs is 1. The van der Waals surface area contributed by atoms with Crippen LogP contribution in [0.5, 0.6) is 0 Å². The van der Waals surface area contributed by atoms with Gasteiger partial charge in [0, 0.05) is 5.56 Å². The quantitative estimate of drug-likeness (QED) is 0.833. The molecule has 0 spiro atoms. The van der Waals surface area contributed by atoms with Crippen molar-refractivity contribution in [2.75, 3.05) is 6.54 Å². The lowest BCUT2D eigenvalue weighted by atomic mass is 9.92. The molecular formula is C12H20N2O4S3. The van der Waals surface area contributed by atoms with Gasteiger partial charge in [-0.3, -0.25) is 0 Å². The molecule has 0 radical (unpaired) electrons. The maximum absolute atomic E-state index is 12.9. The van der Waals surface area contributed by atoms with Gasteiger partial charge in [-0.2, -0.15) is 0 Å². The van der Waals surface area contributed by atoms with Crippen molar-refractivity contribution in [3.63, 3.8) is 0 Å². The molecule has 0 saturated carbocycles. The van der Waals surface area contributed by atoms with Gasteiger partial charge in [0.25, 0.3) is 0 Å². The Morgan fingerprint density at radius 2 is 2.05 bits per heavy atom. The van der Waals surface area contributed by atoms with E-state index in [9.17, 15) is 16.8 Å². The Bertz CT molecular complexity index is 751. The van der Waals surface area contributed by atoms with Crippen LogP contribution in [0.15, 0.2) is 14.5 Å². The van der Waals surface area contributed by atoms with E-state index in [0.717, 1.165) is 17.8 Å². The topological polar surface area (TPSA) is 106 Å². The van der Waals surface area contributed by atoms with Gasteiger partial charge < -0.3 is 5.32 Å². The van der Waals surface area contributed by atoms with Crippen molar-refractivity contribution in [2.24, 2.45) is 5.14 Å². The van der Waals surface area contributed by atoms with Gasteiger partial charge in [0.05, 0.1) is 10.8 Å². The van der Waals surface area contributed by atoms with Crippen molar-refractivity contribution in [2.45, 2.75) is 52.8 Å². The highest BCUT2D eigenvalue weighted by atomic mass is 32.3. The first kappa shape index (κ1) is 16.9. The van der Waals surface area contributed by atoms with E-state index in [2.05, 4.69) is 5.32 Å². The third kappa shape index (κ3) is 2.44. The molecular weight excluding hydrogens is 332 g/mol. The molecule has 1 aliphatic rings. The highest BCUT2D eigenvalue weighted by Gasteiger charge is 2.55. The SMILES string of the molecule is CCCC1(C)C(NCC)c2cc(S(N)(=O)=O)sc2S1(=O)=O. The zero-order valence-electron chi connectivity index (χ0n) is 12.2. The van der Waals surface area contributed by atoms with Gasteiger partial charge in [-0.25, -0.2) is 22.0 Å². The van der Waals surface area contributed by atoms with E-state index in [1.54, 1.807) is 6.92 Å². The first-order chi connectivity index (χ1) is 9.59. The zero-order valence-corrected chi connectivity index (χ0v) is 14.7. The van der Waals surface area contributed by atoms with Crippen LogP contribution in [0.4, 0.5) is 0 Å². The molecule has 1 aliphatic heterocycles. The number of thiophene rings is 1. The Morgan fingerprint density at radius 1 is 1.43 bits per heavy atom. The summed E-state index contributed by atoms with van der Waals surface area (Å²) in [6.07, 6.45) is 1.24. The van der Waals surface area contributed by atoms with Gasteiger partial charge in [0.2, 0.25) is 10.0 Å². The standard InChI is InChI=1S/C12H20N2O4S3/c1-4-6-12(3)10(14-5-2)8-7-9(21(13,17)18)19-11(8)20(12,15)16/h7,10,14H,4-6H2,1-3H3,(H2,13,17,18). The van der Waals surface area contributed by atoms with Crippen molar-refractivity contribution in [1.82, 2.24) is 5.32 Å². The van der Waals surface area contributed by atoms with Crippen molar-refractivity contribution < 1.29 is 16.8 Å². The van der Waals surface area contributed by atoms with Crippen LogP contribution in [0.1, 0.15) is 45.2 Å². The van der Waals surface area contributed by atoms with Crippen LogP contribution < -0.4 is 10.5 Å². The molecule has 0 bridgehead atoms. The summed E-state index contributed by atoms with van der Waals surface area (Å²) >= 11 is 0.753. The Balaban J connectivity index is 2.68.